The number of aryl methyl sites for hydroxylation is 1. The van der Waals surface area contributed by atoms with Gasteiger partial charge >= 0.3 is 0 Å². The van der Waals surface area contributed by atoms with Crippen LogP contribution in [0.15, 0.2) is 34.9 Å². The van der Waals surface area contributed by atoms with Gasteiger partial charge in [0.15, 0.2) is 0 Å². The standard InChI is InChI=1S/C20H26N4O4/c1-14(2)11-24-12-16(27-13-19(24)26)10-21-17(25)8-9-18-22-20(23-28-18)15-6-4-3-5-7-15/h3-7,14,16H,8-13H2,1-2H3,(H,21,25). The van der Waals surface area contributed by atoms with Crippen LogP contribution in [0.25, 0.3) is 11.4 Å². The second-order valence-electron chi connectivity index (χ2n) is 7.31. The molecule has 1 saturated heterocycles. The van der Waals surface area contributed by atoms with Gasteiger partial charge in [-0.15, -0.1) is 0 Å². The van der Waals surface area contributed by atoms with Gasteiger partial charge in [-0.3, -0.25) is 9.59 Å². The van der Waals surface area contributed by atoms with Gasteiger partial charge in [-0.05, 0) is 5.92 Å². The molecule has 3 rings (SSSR count). The van der Waals surface area contributed by atoms with E-state index in [0.717, 1.165) is 5.56 Å². The summed E-state index contributed by atoms with van der Waals surface area (Å²) in [7, 11) is 0. The second-order valence-corrected chi connectivity index (χ2v) is 7.31. The summed E-state index contributed by atoms with van der Waals surface area (Å²) in [5, 5.41) is 6.81. The minimum Gasteiger partial charge on any atom is -0.365 e. The van der Waals surface area contributed by atoms with Crippen LogP contribution in [0.3, 0.4) is 0 Å². The van der Waals surface area contributed by atoms with Crippen molar-refractivity contribution in [3.63, 3.8) is 0 Å². The molecule has 1 N–H and O–H groups in total. The van der Waals surface area contributed by atoms with Crippen LogP contribution in [0.2, 0.25) is 0 Å². The molecule has 1 unspecified atom stereocenters. The Morgan fingerprint density at radius 1 is 1.32 bits per heavy atom. The van der Waals surface area contributed by atoms with Gasteiger partial charge in [-0.1, -0.05) is 49.3 Å². The Bertz CT molecular complexity index is 791. The van der Waals surface area contributed by atoms with E-state index < -0.39 is 0 Å². The van der Waals surface area contributed by atoms with Gasteiger partial charge in [0.05, 0.1) is 6.10 Å². The van der Waals surface area contributed by atoms with E-state index >= 15 is 0 Å². The maximum absolute atomic E-state index is 12.1. The fourth-order valence-electron chi connectivity index (χ4n) is 3.02. The van der Waals surface area contributed by atoms with E-state index in [2.05, 4.69) is 29.3 Å². The maximum Gasteiger partial charge on any atom is 0.248 e. The van der Waals surface area contributed by atoms with Crippen LogP contribution in [0.5, 0.6) is 0 Å². The number of morpholine rings is 1. The zero-order valence-corrected chi connectivity index (χ0v) is 16.3. The van der Waals surface area contributed by atoms with E-state index in [9.17, 15) is 9.59 Å². The topological polar surface area (TPSA) is 97.6 Å². The van der Waals surface area contributed by atoms with Crippen molar-refractivity contribution < 1.29 is 18.8 Å². The summed E-state index contributed by atoms with van der Waals surface area (Å²) in [6, 6.07) is 9.53. The Morgan fingerprint density at radius 3 is 2.86 bits per heavy atom. The molecule has 1 fully saturated rings. The molecular weight excluding hydrogens is 360 g/mol. The van der Waals surface area contributed by atoms with Gasteiger partial charge in [0, 0.05) is 38.0 Å². The van der Waals surface area contributed by atoms with E-state index in [1.54, 1.807) is 4.90 Å². The van der Waals surface area contributed by atoms with Crippen LogP contribution in [-0.2, 0) is 20.7 Å². The van der Waals surface area contributed by atoms with Crippen molar-refractivity contribution in [3.05, 3.63) is 36.2 Å². The fraction of sp³-hybridized carbons (Fsp3) is 0.500. The Kier molecular flexibility index (Phi) is 6.76. The third-order valence-electron chi connectivity index (χ3n) is 4.40. The third-order valence-corrected chi connectivity index (χ3v) is 4.40. The molecule has 0 radical (unpaired) electrons. The summed E-state index contributed by atoms with van der Waals surface area (Å²) in [5.74, 6) is 1.22. The summed E-state index contributed by atoms with van der Waals surface area (Å²) in [5.41, 5.74) is 0.872. The minimum atomic E-state index is -0.187. The van der Waals surface area contributed by atoms with Gasteiger partial charge in [0.1, 0.15) is 6.61 Å². The summed E-state index contributed by atoms with van der Waals surface area (Å²) in [6.07, 6.45) is 0.431. The predicted octanol–water partition coefficient (Wildman–Crippen LogP) is 1.67. The monoisotopic (exact) mass is 386 g/mol. The number of benzene rings is 1. The Morgan fingerprint density at radius 2 is 2.11 bits per heavy atom. The first kappa shape index (κ1) is 20.0. The molecule has 2 aromatic rings. The number of rotatable bonds is 8. The van der Waals surface area contributed by atoms with E-state index in [4.69, 9.17) is 9.26 Å². The van der Waals surface area contributed by atoms with E-state index in [1.807, 2.05) is 30.3 Å². The molecule has 1 aliphatic heterocycles. The molecule has 0 bridgehead atoms. The molecule has 0 spiro atoms. The van der Waals surface area contributed by atoms with Crippen molar-refractivity contribution in [2.75, 3.05) is 26.2 Å². The lowest BCUT2D eigenvalue weighted by Crippen LogP contribution is -2.51. The van der Waals surface area contributed by atoms with Crippen molar-refractivity contribution in [1.29, 1.82) is 0 Å². The molecule has 28 heavy (non-hydrogen) atoms. The first-order chi connectivity index (χ1) is 13.5. The molecule has 8 nitrogen and oxygen atoms in total. The van der Waals surface area contributed by atoms with Crippen LogP contribution >= 0.6 is 0 Å². The molecule has 1 aliphatic rings. The molecule has 0 saturated carbocycles. The van der Waals surface area contributed by atoms with Crippen molar-refractivity contribution in [1.82, 2.24) is 20.4 Å². The zero-order chi connectivity index (χ0) is 19.9. The average Bonchev–Trinajstić information content (AvgIpc) is 3.16. The average molecular weight is 386 g/mol. The number of nitrogens with one attached hydrogen (secondary N) is 1. The normalized spacial score (nSPS) is 17.2. The summed E-state index contributed by atoms with van der Waals surface area (Å²) in [6.45, 7) is 5.78. The highest BCUT2D eigenvalue weighted by Crippen LogP contribution is 2.15. The van der Waals surface area contributed by atoms with Gasteiger partial charge in [-0.25, -0.2) is 0 Å². The highest BCUT2D eigenvalue weighted by atomic mass is 16.5. The molecule has 1 atom stereocenters. The summed E-state index contributed by atoms with van der Waals surface area (Å²) in [4.78, 5) is 30.1. The lowest BCUT2D eigenvalue weighted by molar-refractivity contribution is -0.149. The molecule has 150 valence electrons. The fourth-order valence-corrected chi connectivity index (χ4v) is 3.02. The predicted molar refractivity (Wildman–Crippen MR) is 102 cm³/mol. The van der Waals surface area contributed by atoms with E-state index in [1.165, 1.54) is 0 Å². The van der Waals surface area contributed by atoms with Crippen molar-refractivity contribution in [2.45, 2.75) is 32.8 Å². The minimum absolute atomic E-state index is 0.00175. The lowest BCUT2D eigenvalue weighted by atomic mass is 10.1. The first-order valence-corrected chi connectivity index (χ1v) is 9.55. The van der Waals surface area contributed by atoms with Crippen LogP contribution in [-0.4, -0.2) is 59.2 Å². The quantitative estimate of drug-likeness (QED) is 0.741. The lowest BCUT2D eigenvalue weighted by Gasteiger charge is -2.33. The smallest absolute Gasteiger partial charge is 0.248 e. The molecule has 8 heteroatoms. The van der Waals surface area contributed by atoms with Crippen LogP contribution < -0.4 is 5.32 Å². The number of amides is 2. The van der Waals surface area contributed by atoms with Crippen LogP contribution in [0.4, 0.5) is 0 Å². The number of nitrogens with zero attached hydrogens (tertiary/aromatic N) is 3. The van der Waals surface area contributed by atoms with Gasteiger partial charge in [0.25, 0.3) is 0 Å². The van der Waals surface area contributed by atoms with Gasteiger partial charge in [-0.2, -0.15) is 4.98 Å². The van der Waals surface area contributed by atoms with Crippen molar-refractivity contribution in [2.24, 2.45) is 5.92 Å². The van der Waals surface area contributed by atoms with Crippen LogP contribution in [0.1, 0.15) is 26.2 Å². The number of carbonyl (C=O) groups is 2. The number of hydrogen-bond acceptors (Lipinski definition) is 6. The summed E-state index contributed by atoms with van der Waals surface area (Å²) >= 11 is 0. The second kappa shape index (κ2) is 9.45. The molecule has 2 amide bonds. The molecule has 2 heterocycles. The van der Waals surface area contributed by atoms with Gasteiger partial charge in [0.2, 0.25) is 23.5 Å². The molecule has 0 aliphatic carbocycles. The Hall–Kier alpha value is -2.74. The number of carbonyl (C=O) groups excluding carboxylic acids is 2. The highest BCUT2D eigenvalue weighted by molar-refractivity contribution is 5.78. The zero-order valence-electron chi connectivity index (χ0n) is 16.3. The number of ether oxygens (including phenoxy) is 1. The van der Waals surface area contributed by atoms with E-state index in [-0.39, 0.29) is 30.9 Å². The largest absolute Gasteiger partial charge is 0.365 e. The number of hydrogen-bond donors (Lipinski definition) is 1. The van der Waals surface area contributed by atoms with E-state index in [0.29, 0.717) is 43.7 Å². The van der Waals surface area contributed by atoms with Crippen molar-refractivity contribution >= 4 is 11.8 Å². The van der Waals surface area contributed by atoms with Gasteiger partial charge < -0.3 is 19.5 Å². The maximum atomic E-state index is 12.1. The molecule has 1 aromatic carbocycles. The first-order valence-electron chi connectivity index (χ1n) is 9.55. The third kappa shape index (κ3) is 5.63. The molecular formula is C20H26N4O4. The van der Waals surface area contributed by atoms with Crippen LogP contribution in [0, 0.1) is 5.92 Å². The Labute approximate surface area is 164 Å². The Balaban J connectivity index is 1.41. The molecule has 1 aromatic heterocycles. The van der Waals surface area contributed by atoms with Crippen molar-refractivity contribution in [3.8, 4) is 11.4 Å². The highest BCUT2D eigenvalue weighted by Gasteiger charge is 2.26. The number of aromatic nitrogens is 2. The SMILES string of the molecule is CC(C)CN1CC(CNC(=O)CCc2nc(-c3ccccc3)no2)OCC1=O. The summed E-state index contributed by atoms with van der Waals surface area (Å²) < 4.78 is 10.7.